The Hall–Kier alpha value is -8.40. The van der Waals surface area contributed by atoms with Gasteiger partial charge in [-0.15, -0.1) is 0 Å². The van der Waals surface area contributed by atoms with Crippen LogP contribution in [0.1, 0.15) is 47.2 Å². The lowest BCUT2D eigenvalue weighted by Crippen LogP contribution is -2.28. The number of rotatable bonds is 8. The third-order valence-corrected chi connectivity index (χ3v) is 14.5. The second kappa shape index (κ2) is 15.1. The van der Waals surface area contributed by atoms with Gasteiger partial charge in [0.05, 0.1) is 16.5 Å². The topological polar surface area (TPSA) is 19.6 Å². The SMILES string of the molecule is CC1(C)c2ccccc2-c2ccc(N(c3cccc(N(c4ccccc4)c4cccc5oc6ccccc6c45)c3)c3cccc(C4(c5ccccc5)c5ccccc5-c5ccccc54)c3)cc21. The summed E-state index contributed by atoms with van der Waals surface area (Å²) in [6.45, 7) is 4.73. The second-order valence-electron chi connectivity index (χ2n) is 18.4. The zero-order chi connectivity index (χ0) is 44.7. The number of nitrogens with zero attached hydrogens (tertiary/aromatic N) is 2. The first-order valence-electron chi connectivity index (χ1n) is 23.3. The quantitative estimate of drug-likeness (QED) is 0.152. The molecule has 3 nitrogen and oxygen atoms in total. The van der Waals surface area contributed by atoms with Crippen LogP contribution in [0.5, 0.6) is 0 Å². The van der Waals surface area contributed by atoms with Crippen LogP contribution in [0.15, 0.2) is 247 Å². The van der Waals surface area contributed by atoms with Crippen molar-refractivity contribution in [2.75, 3.05) is 9.80 Å². The van der Waals surface area contributed by atoms with E-state index in [1.165, 1.54) is 55.6 Å². The predicted molar refractivity (Wildman–Crippen MR) is 278 cm³/mol. The molecule has 13 rings (SSSR count). The first-order valence-corrected chi connectivity index (χ1v) is 23.3. The number of fused-ring (bicyclic) bond motifs is 9. The van der Waals surface area contributed by atoms with E-state index < -0.39 is 5.41 Å². The highest BCUT2D eigenvalue weighted by Gasteiger charge is 2.46. The van der Waals surface area contributed by atoms with Crippen LogP contribution in [0, 0.1) is 0 Å². The number of hydrogen-bond donors (Lipinski definition) is 0. The largest absolute Gasteiger partial charge is 0.456 e. The van der Waals surface area contributed by atoms with Gasteiger partial charge >= 0.3 is 0 Å². The third kappa shape index (κ3) is 5.84. The van der Waals surface area contributed by atoms with Crippen molar-refractivity contribution in [3.05, 3.63) is 276 Å². The second-order valence-corrected chi connectivity index (χ2v) is 18.4. The molecule has 11 aromatic rings. The van der Waals surface area contributed by atoms with Gasteiger partial charge in [0.15, 0.2) is 0 Å². The average Bonchev–Trinajstić information content (AvgIpc) is 3.99. The molecular weight excluding hydrogens is 813 g/mol. The summed E-state index contributed by atoms with van der Waals surface area (Å²) in [5.41, 5.74) is 20.3. The van der Waals surface area contributed by atoms with E-state index in [9.17, 15) is 0 Å². The molecule has 0 saturated heterocycles. The van der Waals surface area contributed by atoms with E-state index in [0.717, 1.165) is 56.1 Å². The zero-order valence-electron chi connectivity index (χ0n) is 37.4. The maximum Gasteiger partial charge on any atom is 0.137 e. The Bertz CT molecular complexity index is 3650. The Morgan fingerprint density at radius 2 is 0.821 bits per heavy atom. The molecule has 0 unspecified atom stereocenters. The highest BCUT2D eigenvalue weighted by molar-refractivity contribution is 6.13. The molecule has 318 valence electrons. The molecule has 2 aliphatic rings. The van der Waals surface area contributed by atoms with Gasteiger partial charge < -0.3 is 14.2 Å². The molecule has 1 heterocycles. The molecule has 67 heavy (non-hydrogen) atoms. The summed E-state index contributed by atoms with van der Waals surface area (Å²) in [7, 11) is 0. The average molecular weight is 859 g/mol. The maximum atomic E-state index is 6.47. The minimum absolute atomic E-state index is 0.178. The van der Waals surface area contributed by atoms with E-state index in [4.69, 9.17) is 4.42 Å². The lowest BCUT2D eigenvalue weighted by molar-refractivity contribution is 0.660. The van der Waals surface area contributed by atoms with Crippen LogP contribution < -0.4 is 9.80 Å². The summed E-state index contributed by atoms with van der Waals surface area (Å²) in [4.78, 5) is 4.84. The minimum Gasteiger partial charge on any atom is -0.456 e. The van der Waals surface area contributed by atoms with Crippen LogP contribution in [-0.4, -0.2) is 0 Å². The zero-order valence-corrected chi connectivity index (χ0v) is 37.4. The Kier molecular flexibility index (Phi) is 8.78. The van der Waals surface area contributed by atoms with Crippen LogP contribution in [0.25, 0.3) is 44.2 Å². The van der Waals surface area contributed by atoms with E-state index in [0.29, 0.717) is 0 Å². The highest BCUT2D eigenvalue weighted by Crippen LogP contribution is 2.57. The van der Waals surface area contributed by atoms with Crippen LogP contribution in [0.3, 0.4) is 0 Å². The molecule has 10 aromatic carbocycles. The Labute approximate surface area is 391 Å². The van der Waals surface area contributed by atoms with Crippen molar-refractivity contribution in [1.29, 1.82) is 0 Å². The first kappa shape index (κ1) is 39.0. The molecule has 0 spiro atoms. The number of hydrogen-bond acceptors (Lipinski definition) is 3. The van der Waals surface area contributed by atoms with Gasteiger partial charge in [0.25, 0.3) is 0 Å². The van der Waals surface area contributed by atoms with Crippen molar-refractivity contribution in [2.24, 2.45) is 0 Å². The van der Waals surface area contributed by atoms with Crippen LogP contribution in [0.2, 0.25) is 0 Å². The van der Waals surface area contributed by atoms with Gasteiger partial charge in [0.2, 0.25) is 0 Å². The molecule has 0 atom stereocenters. The summed E-state index contributed by atoms with van der Waals surface area (Å²) in [6.07, 6.45) is 0. The molecule has 0 bridgehead atoms. The third-order valence-electron chi connectivity index (χ3n) is 14.5. The Morgan fingerprint density at radius 3 is 1.55 bits per heavy atom. The molecule has 0 aliphatic heterocycles. The van der Waals surface area contributed by atoms with E-state index in [-0.39, 0.29) is 5.41 Å². The summed E-state index contributed by atoms with van der Waals surface area (Å²) in [5.74, 6) is 0. The molecule has 0 N–H and O–H groups in total. The molecular formula is C64H46N2O. The van der Waals surface area contributed by atoms with E-state index in [1.54, 1.807) is 0 Å². The minimum atomic E-state index is -0.546. The van der Waals surface area contributed by atoms with Crippen LogP contribution in [-0.2, 0) is 10.8 Å². The smallest absolute Gasteiger partial charge is 0.137 e. The summed E-state index contributed by atoms with van der Waals surface area (Å²) in [5, 5.41) is 2.17. The monoisotopic (exact) mass is 858 g/mol. The summed E-state index contributed by atoms with van der Waals surface area (Å²) < 4.78 is 6.47. The van der Waals surface area contributed by atoms with Crippen molar-refractivity contribution in [1.82, 2.24) is 0 Å². The lowest BCUT2D eigenvalue weighted by Gasteiger charge is -2.35. The van der Waals surface area contributed by atoms with Gasteiger partial charge in [-0.3, -0.25) is 0 Å². The van der Waals surface area contributed by atoms with Gasteiger partial charge in [-0.05, 0) is 128 Å². The van der Waals surface area contributed by atoms with E-state index >= 15 is 0 Å². The number of para-hydroxylation sites is 2. The fraction of sp³-hybridized carbons (Fsp3) is 0.0625. The van der Waals surface area contributed by atoms with Gasteiger partial charge in [0.1, 0.15) is 11.2 Å². The number of benzene rings is 10. The standard InChI is InChI=1S/C64H46N2O/c1-63(2)55-32-13-9-28-50(55)53-39-38-49(42-58(53)63)65(46-25-17-22-44(40-46)64(43-20-5-3-6-21-43)56-33-14-10-29-51(56)52-30-11-15-34-57(52)64)47-26-18-27-48(41-47)66(45-23-7-4-8-24-45)59-35-19-37-61-62(59)54-31-12-16-36-60(54)67-61/h3-42H,1-2H3. The number of anilines is 6. The molecule has 0 radical (unpaired) electrons. The van der Waals surface area contributed by atoms with Crippen molar-refractivity contribution in [3.8, 4) is 22.3 Å². The predicted octanol–water partition coefficient (Wildman–Crippen LogP) is 17.2. The van der Waals surface area contributed by atoms with E-state index in [1.807, 2.05) is 6.07 Å². The van der Waals surface area contributed by atoms with E-state index in [2.05, 4.69) is 260 Å². The Morgan fingerprint density at radius 1 is 0.328 bits per heavy atom. The fourth-order valence-electron chi connectivity index (χ4n) is 11.6. The van der Waals surface area contributed by atoms with Gasteiger partial charge in [-0.25, -0.2) is 0 Å². The summed E-state index contributed by atoms with van der Waals surface area (Å²) in [6, 6.07) is 88.8. The molecule has 0 amide bonds. The highest BCUT2D eigenvalue weighted by atomic mass is 16.3. The Balaban J connectivity index is 1.05. The molecule has 0 saturated carbocycles. The molecule has 0 fully saturated rings. The van der Waals surface area contributed by atoms with Gasteiger partial charge in [-0.1, -0.05) is 184 Å². The normalized spacial score (nSPS) is 13.8. The van der Waals surface area contributed by atoms with Crippen molar-refractivity contribution in [2.45, 2.75) is 24.7 Å². The molecule has 2 aliphatic carbocycles. The first-order chi connectivity index (χ1) is 33.0. The lowest BCUT2D eigenvalue weighted by atomic mass is 9.67. The summed E-state index contributed by atoms with van der Waals surface area (Å²) >= 11 is 0. The fourth-order valence-corrected chi connectivity index (χ4v) is 11.6. The molecule has 3 heteroatoms. The maximum absolute atomic E-state index is 6.47. The molecule has 1 aromatic heterocycles. The van der Waals surface area contributed by atoms with Crippen molar-refractivity contribution in [3.63, 3.8) is 0 Å². The van der Waals surface area contributed by atoms with Crippen molar-refractivity contribution >= 4 is 56.1 Å². The van der Waals surface area contributed by atoms with Crippen molar-refractivity contribution < 1.29 is 4.42 Å². The van der Waals surface area contributed by atoms with Gasteiger partial charge in [-0.2, -0.15) is 0 Å². The van der Waals surface area contributed by atoms with Crippen LogP contribution >= 0.6 is 0 Å². The van der Waals surface area contributed by atoms with Gasteiger partial charge in [0, 0.05) is 39.2 Å². The number of furan rings is 1. The van der Waals surface area contributed by atoms with Crippen LogP contribution in [0.4, 0.5) is 34.1 Å².